The van der Waals surface area contributed by atoms with Crippen LogP contribution in [0.3, 0.4) is 0 Å². The van der Waals surface area contributed by atoms with Crippen LogP contribution < -0.4 is 20.7 Å². The number of ether oxygens (including phenoxy) is 1. The minimum absolute atomic E-state index is 0.224. The molecule has 1 amide bonds. The minimum Gasteiger partial charge on any atom is -0.455 e. The molecule has 1 saturated carbocycles. The molecule has 1 fully saturated rings. The third-order valence-corrected chi connectivity index (χ3v) is 4.64. The van der Waals surface area contributed by atoms with Gasteiger partial charge in [-0.1, -0.05) is 0 Å². The first-order valence-corrected chi connectivity index (χ1v) is 8.79. The molecule has 134 valence electrons. The third kappa shape index (κ3) is 2.73. The number of hydrogen-bond donors (Lipinski definition) is 2. The molecule has 0 unspecified atom stereocenters. The number of fused-ring (bicyclic) bond motifs is 2. The molecule has 0 saturated heterocycles. The van der Waals surface area contributed by atoms with Gasteiger partial charge in [-0.05, 0) is 49.2 Å². The van der Waals surface area contributed by atoms with Gasteiger partial charge in [-0.15, -0.1) is 0 Å². The number of amides is 1. The van der Waals surface area contributed by atoms with E-state index in [9.17, 15) is 4.79 Å². The number of benzene rings is 1. The number of carbonyl (C=O) groups is 1. The molecular formula is C20H17N5O2. The van der Waals surface area contributed by atoms with Crippen LogP contribution in [0.1, 0.15) is 23.2 Å². The van der Waals surface area contributed by atoms with E-state index in [1.165, 1.54) is 0 Å². The van der Waals surface area contributed by atoms with E-state index < -0.39 is 0 Å². The molecule has 1 aliphatic heterocycles. The van der Waals surface area contributed by atoms with Crippen molar-refractivity contribution in [1.29, 1.82) is 0 Å². The summed E-state index contributed by atoms with van der Waals surface area (Å²) in [6.45, 7) is 0. The van der Waals surface area contributed by atoms with Crippen LogP contribution in [0.25, 0.3) is 0 Å². The van der Waals surface area contributed by atoms with Crippen molar-refractivity contribution in [2.24, 2.45) is 0 Å². The van der Waals surface area contributed by atoms with Gasteiger partial charge in [-0.3, -0.25) is 4.79 Å². The highest BCUT2D eigenvalue weighted by Crippen LogP contribution is 2.46. The lowest BCUT2D eigenvalue weighted by Crippen LogP contribution is -2.22. The second kappa shape index (κ2) is 5.98. The summed E-state index contributed by atoms with van der Waals surface area (Å²) in [7, 11) is 0. The van der Waals surface area contributed by atoms with Gasteiger partial charge in [0, 0.05) is 30.2 Å². The summed E-state index contributed by atoms with van der Waals surface area (Å²) in [5, 5.41) is 2.96. The first kappa shape index (κ1) is 15.6. The number of pyridine rings is 2. The molecule has 0 spiro atoms. The molecule has 2 aliphatic rings. The molecule has 27 heavy (non-hydrogen) atoms. The number of nitrogen functional groups attached to an aromatic ring is 1. The van der Waals surface area contributed by atoms with Crippen molar-refractivity contribution in [2.75, 3.05) is 16.0 Å². The Morgan fingerprint density at radius 3 is 2.59 bits per heavy atom. The Morgan fingerprint density at radius 1 is 1.04 bits per heavy atom. The maximum Gasteiger partial charge on any atom is 0.259 e. The molecule has 0 bridgehead atoms. The van der Waals surface area contributed by atoms with Crippen LogP contribution in [0.15, 0.2) is 54.9 Å². The van der Waals surface area contributed by atoms with Crippen LogP contribution in [0.2, 0.25) is 0 Å². The monoisotopic (exact) mass is 359 g/mol. The van der Waals surface area contributed by atoms with Gasteiger partial charge in [0.1, 0.15) is 17.3 Å². The Hall–Kier alpha value is -3.61. The van der Waals surface area contributed by atoms with Crippen LogP contribution in [-0.4, -0.2) is 21.9 Å². The predicted octanol–water partition coefficient (Wildman–Crippen LogP) is 3.72. The first-order chi connectivity index (χ1) is 13.2. The van der Waals surface area contributed by atoms with Crippen LogP contribution in [0, 0.1) is 0 Å². The van der Waals surface area contributed by atoms with E-state index in [0.29, 0.717) is 40.1 Å². The van der Waals surface area contributed by atoms with E-state index >= 15 is 0 Å². The first-order valence-electron chi connectivity index (χ1n) is 8.79. The predicted molar refractivity (Wildman–Crippen MR) is 103 cm³/mol. The number of nitrogens with two attached hydrogens (primary N) is 1. The standard InChI is InChI=1S/C20H17N5O2/c21-12-3-7-14(8-4-12)27-16-9-11-23-19-17(16)24-20(26)15-2-1-10-22-18(15)25(19)13-5-6-13/h1-4,7-11,13H,5-6,21H2,(H,24,26). The summed E-state index contributed by atoms with van der Waals surface area (Å²) in [6.07, 6.45) is 5.45. The molecule has 2 aromatic heterocycles. The van der Waals surface area contributed by atoms with Crippen molar-refractivity contribution < 1.29 is 9.53 Å². The maximum absolute atomic E-state index is 12.8. The van der Waals surface area contributed by atoms with Crippen LogP contribution >= 0.6 is 0 Å². The largest absolute Gasteiger partial charge is 0.455 e. The lowest BCUT2D eigenvalue weighted by molar-refractivity contribution is 0.102. The molecule has 3 N–H and O–H groups in total. The zero-order valence-corrected chi connectivity index (χ0v) is 14.4. The average molecular weight is 359 g/mol. The summed E-state index contributed by atoms with van der Waals surface area (Å²) in [5.74, 6) is 2.21. The van der Waals surface area contributed by atoms with E-state index in [1.54, 1.807) is 54.9 Å². The zero-order valence-electron chi connectivity index (χ0n) is 14.4. The number of aromatic nitrogens is 2. The van der Waals surface area contributed by atoms with Crippen molar-refractivity contribution in [3.63, 3.8) is 0 Å². The molecule has 0 radical (unpaired) electrons. The molecule has 0 atom stereocenters. The highest BCUT2D eigenvalue weighted by atomic mass is 16.5. The van der Waals surface area contributed by atoms with Gasteiger partial charge in [0.05, 0.1) is 5.56 Å². The number of carbonyl (C=O) groups excluding carboxylic acids is 1. The van der Waals surface area contributed by atoms with Crippen molar-refractivity contribution in [1.82, 2.24) is 9.97 Å². The summed E-state index contributed by atoms with van der Waals surface area (Å²) < 4.78 is 6.03. The summed E-state index contributed by atoms with van der Waals surface area (Å²) >= 11 is 0. The Kier molecular flexibility index (Phi) is 3.46. The summed E-state index contributed by atoms with van der Waals surface area (Å²) in [4.78, 5) is 23.9. The normalized spacial score (nSPS) is 15.4. The molecule has 1 aromatic carbocycles. The van der Waals surface area contributed by atoms with Crippen molar-refractivity contribution in [3.8, 4) is 11.5 Å². The Balaban J connectivity index is 1.63. The SMILES string of the molecule is Nc1ccc(Oc2ccnc3c2NC(=O)c2cccnc2N3C2CC2)cc1. The number of anilines is 4. The minimum atomic E-state index is -0.224. The highest BCUT2D eigenvalue weighted by Gasteiger charge is 2.38. The molecule has 3 heterocycles. The van der Waals surface area contributed by atoms with Crippen LogP contribution in [0.4, 0.5) is 23.0 Å². The van der Waals surface area contributed by atoms with Crippen LogP contribution in [0.5, 0.6) is 11.5 Å². The van der Waals surface area contributed by atoms with Crippen molar-refractivity contribution >= 4 is 28.9 Å². The van der Waals surface area contributed by atoms with Gasteiger partial charge in [0.25, 0.3) is 5.91 Å². The van der Waals surface area contributed by atoms with E-state index in [-0.39, 0.29) is 11.9 Å². The Labute approximate surface area is 155 Å². The second-order valence-electron chi connectivity index (χ2n) is 6.61. The number of nitrogens with one attached hydrogen (secondary N) is 1. The lowest BCUT2D eigenvalue weighted by atomic mass is 10.2. The van der Waals surface area contributed by atoms with E-state index in [0.717, 1.165) is 12.8 Å². The topological polar surface area (TPSA) is 93.4 Å². The molecule has 5 rings (SSSR count). The molecular weight excluding hydrogens is 342 g/mol. The van der Waals surface area contributed by atoms with Gasteiger partial charge >= 0.3 is 0 Å². The average Bonchev–Trinajstić information content (AvgIpc) is 3.51. The fraction of sp³-hybridized carbons (Fsp3) is 0.150. The number of hydrogen-bond acceptors (Lipinski definition) is 6. The fourth-order valence-electron chi connectivity index (χ4n) is 3.21. The molecule has 1 aliphatic carbocycles. The van der Waals surface area contributed by atoms with Crippen molar-refractivity contribution in [3.05, 3.63) is 60.4 Å². The van der Waals surface area contributed by atoms with E-state index in [1.807, 2.05) is 4.90 Å². The lowest BCUT2D eigenvalue weighted by Gasteiger charge is -2.24. The van der Waals surface area contributed by atoms with Gasteiger partial charge < -0.3 is 20.7 Å². The zero-order chi connectivity index (χ0) is 18.4. The van der Waals surface area contributed by atoms with Gasteiger partial charge in [-0.25, -0.2) is 9.97 Å². The van der Waals surface area contributed by atoms with Crippen molar-refractivity contribution in [2.45, 2.75) is 18.9 Å². The summed E-state index contributed by atoms with van der Waals surface area (Å²) in [5.41, 5.74) is 7.47. The van der Waals surface area contributed by atoms with Crippen LogP contribution in [-0.2, 0) is 0 Å². The van der Waals surface area contributed by atoms with E-state index in [4.69, 9.17) is 10.5 Å². The molecule has 7 nitrogen and oxygen atoms in total. The molecule has 7 heteroatoms. The fourth-order valence-corrected chi connectivity index (χ4v) is 3.21. The summed E-state index contributed by atoms with van der Waals surface area (Å²) in [6, 6.07) is 12.7. The third-order valence-electron chi connectivity index (χ3n) is 4.64. The Morgan fingerprint density at radius 2 is 1.81 bits per heavy atom. The maximum atomic E-state index is 12.8. The van der Waals surface area contributed by atoms with Gasteiger partial charge in [-0.2, -0.15) is 0 Å². The van der Waals surface area contributed by atoms with Gasteiger partial charge in [0.15, 0.2) is 11.6 Å². The molecule has 3 aromatic rings. The smallest absolute Gasteiger partial charge is 0.259 e. The Bertz CT molecular complexity index is 1030. The quantitative estimate of drug-likeness (QED) is 0.692. The van der Waals surface area contributed by atoms with Gasteiger partial charge in [0.2, 0.25) is 0 Å². The number of rotatable bonds is 3. The number of nitrogens with zero attached hydrogens (tertiary/aromatic N) is 3. The highest BCUT2D eigenvalue weighted by molar-refractivity contribution is 6.12. The second-order valence-corrected chi connectivity index (χ2v) is 6.61. The van der Waals surface area contributed by atoms with E-state index in [2.05, 4.69) is 15.3 Å².